The quantitative estimate of drug-likeness (QED) is 0.411. The fraction of sp³-hybridized carbons (Fsp3) is 0.647. The molecule has 1 unspecified atom stereocenters. The average Bonchev–Trinajstić information content (AvgIpc) is 2.53. The Labute approximate surface area is 144 Å². The number of aromatic nitrogens is 1. The van der Waals surface area contributed by atoms with Crippen molar-refractivity contribution in [3.05, 3.63) is 29.0 Å². The van der Waals surface area contributed by atoms with Gasteiger partial charge in [-0.25, -0.2) is 9.98 Å². The van der Waals surface area contributed by atoms with E-state index in [4.69, 9.17) is 16.3 Å². The summed E-state index contributed by atoms with van der Waals surface area (Å²) in [6.07, 6.45) is 2.98. The predicted molar refractivity (Wildman–Crippen MR) is 96.9 cm³/mol. The lowest BCUT2D eigenvalue weighted by molar-refractivity contribution is 0.0258. The molecule has 0 bridgehead atoms. The van der Waals surface area contributed by atoms with Crippen LogP contribution in [0.5, 0.6) is 0 Å². The zero-order chi connectivity index (χ0) is 17.1. The Hall–Kier alpha value is -1.33. The molecule has 1 aromatic heterocycles. The standard InChI is InChI=1S/C17H29ClN4O/c1-5-19-17(20-10-9-15(13(3)4)23-6-2)22-12-14-7-8-16(18)21-11-14/h7-8,11,13,15H,5-6,9-10,12H2,1-4H3,(H2,19,20,22). The van der Waals surface area contributed by atoms with Gasteiger partial charge in [0.05, 0.1) is 12.6 Å². The molecule has 1 atom stereocenters. The molecule has 0 radical (unpaired) electrons. The van der Waals surface area contributed by atoms with Crippen LogP contribution in [0.2, 0.25) is 5.15 Å². The second kappa shape index (κ2) is 11.2. The van der Waals surface area contributed by atoms with E-state index in [0.717, 1.165) is 37.6 Å². The highest BCUT2D eigenvalue weighted by molar-refractivity contribution is 6.29. The molecule has 0 fully saturated rings. The highest BCUT2D eigenvalue weighted by atomic mass is 35.5. The van der Waals surface area contributed by atoms with Crippen LogP contribution in [0.3, 0.4) is 0 Å². The number of hydrogen-bond acceptors (Lipinski definition) is 3. The third-order valence-electron chi connectivity index (χ3n) is 3.40. The Balaban J connectivity index is 2.50. The Morgan fingerprint density at radius 2 is 2.09 bits per heavy atom. The van der Waals surface area contributed by atoms with Gasteiger partial charge in [-0.05, 0) is 37.8 Å². The van der Waals surface area contributed by atoms with Gasteiger partial charge >= 0.3 is 0 Å². The van der Waals surface area contributed by atoms with Crippen LogP contribution in [-0.4, -0.2) is 36.7 Å². The van der Waals surface area contributed by atoms with Crippen molar-refractivity contribution in [3.63, 3.8) is 0 Å². The second-order valence-corrected chi connectivity index (χ2v) is 6.02. The van der Waals surface area contributed by atoms with E-state index < -0.39 is 0 Å². The number of halogens is 1. The van der Waals surface area contributed by atoms with Crippen molar-refractivity contribution >= 4 is 17.6 Å². The van der Waals surface area contributed by atoms with Crippen LogP contribution in [0.4, 0.5) is 0 Å². The summed E-state index contributed by atoms with van der Waals surface area (Å²) in [5.74, 6) is 1.32. The first kappa shape index (κ1) is 19.7. The normalized spacial score (nSPS) is 13.2. The molecule has 0 saturated heterocycles. The molecule has 0 spiro atoms. The average molecular weight is 341 g/mol. The number of nitrogens with one attached hydrogen (secondary N) is 2. The predicted octanol–water partition coefficient (Wildman–Crippen LogP) is 3.24. The van der Waals surface area contributed by atoms with Crippen molar-refractivity contribution in [2.75, 3.05) is 19.7 Å². The molecule has 23 heavy (non-hydrogen) atoms. The van der Waals surface area contributed by atoms with E-state index >= 15 is 0 Å². The van der Waals surface area contributed by atoms with Gasteiger partial charge in [-0.15, -0.1) is 0 Å². The zero-order valence-electron chi connectivity index (χ0n) is 14.6. The number of guanidine groups is 1. The lowest BCUT2D eigenvalue weighted by Gasteiger charge is -2.21. The molecule has 6 heteroatoms. The maximum atomic E-state index is 5.79. The van der Waals surface area contributed by atoms with E-state index in [1.165, 1.54) is 0 Å². The highest BCUT2D eigenvalue weighted by Crippen LogP contribution is 2.10. The van der Waals surface area contributed by atoms with E-state index in [1.807, 2.05) is 13.0 Å². The fourth-order valence-corrected chi connectivity index (χ4v) is 2.28. The van der Waals surface area contributed by atoms with Gasteiger partial charge in [0.15, 0.2) is 5.96 Å². The number of pyridine rings is 1. The monoisotopic (exact) mass is 340 g/mol. The maximum Gasteiger partial charge on any atom is 0.191 e. The summed E-state index contributed by atoms with van der Waals surface area (Å²) in [5.41, 5.74) is 1.03. The molecule has 2 N–H and O–H groups in total. The molecular formula is C17H29ClN4O. The number of ether oxygens (including phenoxy) is 1. The largest absolute Gasteiger partial charge is 0.378 e. The van der Waals surface area contributed by atoms with E-state index in [2.05, 4.69) is 41.4 Å². The zero-order valence-corrected chi connectivity index (χ0v) is 15.4. The fourth-order valence-electron chi connectivity index (χ4n) is 2.17. The van der Waals surface area contributed by atoms with Crippen LogP contribution in [0.15, 0.2) is 23.3 Å². The Morgan fingerprint density at radius 3 is 2.65 bits per heavy atom. The first-order valence-corrected chi connectivity index (χ1v) is 8.68. The number of aliphatic imine (C=N–C) groups is 1. The molecule has 1 aromatic rings. The number of hydrogen-bond donors (Lipinski definition) is 2. The van der Waals surface area contributed by atoms with E-state index in [9.17, 15) is 0 Å². The minimum atomic E-state index is 0.274. The summed E-state index contributed by atoms with van der Waals surface area (Å²) in [5, 5.41) is 7.11. The van der Waals surface area contributed by atoms with Crippen LogP contribution in [-0.2, 0) is 11.3 Å². The van der Waals surface area contributed by atoms with E-state index in [0.29, 0.717) is 17.6 Å². The van der Waals surface area contributed by atoms with Crippen LogP contribution in [0, 0.1) is 5.92 Å². The molecule has 0 amide bonds. The Morgan fingerprint density at radius 1 is 1.30 bits per heavy atom. The second-order valence-electron chi connectivity index (χ2n) is 5.64. The van der Waals surface area contributed by atoms with Gasteiger partial charge in [0, 0.05) is 25.9 Å². The summed E-state index contributed by atoms with van der Waals surface area (Å²) in [6, 6.07) is 3.72. The lowest BCUT2D eigenvalue weighted by atomic mass is 10.0. The number of rotatable bonds is 9. The molecule has 5 nitrogen and oxygen atoms in total. The van der Waals surface area contributed by atoms with Crippen molar-refractivity contribution in [3.8, 4) is 0 Å². The van der Waals surface area contributed by atoms with Gasteiger partial charge in [-0.1, -0.05) is 31.5 Å². The molecule has 1 rings (SSSR count). The first-order chi connectivity index (χ1) is 11.1. The van der Waals surface area contributed by atoms with Gasteiger partial charge in [-0.3, -0.25) is 0 Å². The highest BCUT2D eigenvalue weighted by Gasteiger charge is 2.12. The van der Waals surface area contributed by atoms with Gasteiger partial charge in [0.1, 0.15) is 5.15 Å². The minimum absolute atomic E-state index is 0.274. The SMILES string of the molecule is CCNC(=NCc1ccc(Cl)nc1)NCCC(OCC)C(C)C. The van der Waals surface area contributed by atoms with Crippen LogP contribution >= 0.6 is 11.6 Å². The van der Waals surface area contributed by atoms with Crippen LogP contribution in [0.25, 0.3) is 0 Å². The molecule has 0 saturated carbocycles. The molecule has 0 aliphatic carbocycles. The molecule has 1 heterocycles. The van der Waals surface area contributed by atoms with Crippen molar-refractivity contribution < 1.29 is 4.74 Å². The first-order valence-electron chi connectivity index (χ1n) is 8.31. The summed E-state index contributed by atoms with van der Waals surface area (Å²) < 4.78 is 5.76. The summed E-state index contributed by atoms with van der Waals surface area (Å²) in [4.78, 5) is 8.64. The molecular weight excluding hydrogens is 312 g/mol. The third kappa shape index (κ3) is 8.18. The van der Waals surface area contributed by atoms with Gasteiger partial charge in [0.2, 0.25) is 0 Å². The van der Waals surface area contributed by atoms with Crippen LogP contribution in [0.1, 0.15) is 39.7 Å². The van der Waals surface area contributed by atoms with E-state index in [1.54, 1.807) is 12.3 Å². The minimum Gasteiger partial charge on any atom is -0.378 e. The molecule has 0 aliphatic rings. The maximum absolute atomic E-state index is 5.79. The van der Waals surface area contributed by atoms with Crippen molar-refractivity contribution in [2.45, 2.75) is 46.8 Å². The number of nitrogens with zero attached hydrogens (tertiary/aromatic N) is 2. The molecule has 130 valence electrons. The molecule has 0 aliphatic heterocycles. The third-order valence-corrected chi connectivity index (χ3v) is 3.62. The van der Waals surface area contributed by atoms with Gasteiger partial charge in [-0.2, -0.15) is 0 Å². The van der Waals surface area contributed by atoms with Gasteiger partial charge < -0.3 is 15.4 Å². The van der Waals surface area contributed by atoms with Crippen molar-refractivity contribution in [1.82, 2.24) is 15.6 Å². The lowest BCUT2D eigenvalue weighted by Crippen LogP contribution is -2.39. The Kier molecular flexibility index (Phi) is 9.64. The van der Waals surface area contributed by atoms with Crippen molar-refractivity contribution in [2.24, 2.45) is 10.9 Å². The summed E-state index contributed by atoms with van der Waals surface area (Å²) in [6.45, 7) is 11.4. The smallest absolute Gasteiger partial charge is 0.191 e. The van der Waals surface area contributed by atoms with Gasteiger partial charge in [0.25, 0.3) is 0 Å². The summed E-state index contributed by atoms with van der Waals surface area (Å²) >= 11 is 5.79. The Bertz CT molecular complexity index is 462. The van der Waals surface area contributed by atoms with E-state index in [-0.39, 0.29) is 6.10 Å². The summed E-state index contributed by atoms with van der Waals surface area (Å²) in [7, 11) is 0. The van der Waals surface area contributed by atoms with Crippen LogP contribution < -0.4 is 10.6 Å². The topological polar surface area (TPSA) is 58.5 Å². The van der Waals surface area contributed by atoms with Crippen molar-refractivity contribution in [1.29, 1.82) is 0 Å². The molecule has 0 aromatic carbocycles.